The Bertz CT molecular complexity index is 1290. The molecule has 0 atom stereocenters. The van der Waals surface area contributed by atoms with E-state index < -0.39 is 17.8 Å². The lowest BCUT2D eigenvalue weighted by Crippen LogP contribution is -2.21. The third-order valence-electron chi connectivity index (χ3n) is 5.16. The van der Waals surface area contributed by atoms with E-state index in [0.717, 1.165) is 11.3 Å². The van der Waals surface area contributed by atoms with Crippen molar-refractivity contribution < 1.29 is 37.8 Å². The molecule has 0 spiro atoms. The molecule has 0 radical (unpaired) electrons. The summed E-state index contributed by atoms with van der Waals surface area (Å²) in [7, 11) is 4.52. The van der Waals surface area contributed by atoms with E-state index in [9.17, 15) is 19.2 Å². The van der Waals surface area contributed by atoms with Gasteiger partial charge in [0.15, 0.2) is 5.76 Å². The Morgan fingerprint density at radius 2 is 1.73 bits per heavy atom. The number of methoxy groups -OCH3 is 1. The molecular formula is C26H28N2O8S. The van der Waals surface area contributed by atoms with E-state index in [0.29, 0.717) is 33.9 Å². The van der Waals surface area contributed by atoms with Crippen LogP contribution in [0, 0.1) is 6.92 Å². The molecule has 196 valence electrons. The molecule has 11 heteroatoms. The molecule has 0 fully saturated rings. The average molecular weight is 529 g/mol. The highest BCUT2D eigenvalue weighted by Gasteiger charge is 2.28. The molecule has 37 heavy (non-hydrogen) atoms. The van der Waals surface area contributed by atoms with Gasteiger partial charge in [-0.05, 0) is 55.3 Å². The smallest absolute Gasteiger partial charge is 0.341 e. The largest absolute Gasteiger partial charge is 0.486 e. The number of hydrogen-bond acceptors (Lipinski definition) is 9. The number of anilines is 1. The Labute approximate surface area is 218 Å². The number of ether oxygens (including phenoxy) is 3. The minimum Gasteiger partial charge on any atom is -0.486 e. The summed E-state index contributed by atoms with van der Waals surface area (Å²) in [6.07, 6.45) is 0.632. The van der Waals surface area contributed by atoms with Crippen molar-refractivity contribution in [2.24, 2.45) is 0 Å². The summed E-state index contributed by atoms with van der Waals surface area (Å²) in [6, 6.07) is 9.46. The zero-order valence-electron chi connectivity index (χ0n) is 21.2. The quantitative estimate of drug-likeness (QED) is 0.381. The van der Waals surface area contributed by atoms with Crippen LogP contribution in [-0.2, 0) is 16.1 Å². The van der Waals surface area contributed by atoms with E-state index in [2.05, 4.69) is 10.1 Å². The first kappa shape index (κ1) is 27.5. The van der Waals surface area contributed by atoms with Crippen molar-refractivity contribution in [1.29, 1.82) is 0 Å². The van der Waals surface area contributed by atoms with Gasteiger partial charge in [0.05, 0.1) is 29.7 Å². The number of rotatable bonds is 10. The van der Waals surface area contributed by atoms with Crippen LogP contribution in [0.3, 0.4) is 0 Å². The SMILES string of the molecule is CCCOC(=O)c1c(NC(=O)c2ccc(COc3ccc(C(=O)OC)cc3)o2)sc(C(=O)N(C)C)c1C. The van der Waals surface area contributed by atoms with E-state index in [1.54, 1.807) is 51.4 Å². The number of hydrogen-bond donors (Lipinski definition) is 1. The highest BCUT2D eigenvalue weighted by Crippen LogP contribution is 2.35. The average Bonchev–Trinajstić information content (AvgIpc) is 3.49. The molecule has 0 aliphatic carbocycles. The summed E-state index contributed by atoms with van der Waals surface area (Å²) in [5.74, 6) is -1.07. The van der Waals surface area contributed by atoms with Gasteiger partial charge >= 0.3 is 11.9 Å². The first-order valence-electron chi connectivity index (χ1n) is 11.4. The Morgan fingerprint density at radius 3 is 2.35 bits per heavy atom. The van der Waals surface area contributed by atoms with Crippen LogP contribution in [0.4, 0.5) is 5.00 Å². The highest BCUT2D eigenvalue weighted by atomic mass is 32.1. The van der Waals surface area contributed by atoms with Gasteiger partial charge in [0.25, 0.3) is 11.8 Å². The number of esters is 2. The minimum absolute atomic E-state index is 0.000876. The fourth-order valence-corrected chi connectivity index (χ4v) is 4.43. The summed E-state index contributed by atoms with van der Waals surface area (Å²) in [5.41, 5.74) is 0.971. The maximum absolute atomic E-state index is 12.9. The van der Waals surface area contributed by atoms with E-state index in [1.807, 2.05) is 6.92 Å². The Balaban J connectivity index is 1.73. The van der Waals surface area contributed by atoms with E-state index in [1.165, 1.54) is 18.1 Å². The van der Waals surface area contributed by atoms with Gasteiger partial charge in [0.1, 0.15) is 23.1 Å². The van der Waals surface area contributed by atoms with Gasteiger partial charge in [0, 0.05) is 14.1 Å². The van der Waals surface area contributed by atoms with Crippen LogP contribution >= 0.6 is 11.3 Å². The second kappa shape index (κ2) is 12.2. The molecule has 0 aliphatic rings. The van der Waals surface area contributed by atoms with Crippen LogP contribution in [0.2, 0.25) is 0 Å². The Morgan fingerprint density at radius 1 is 1.03 bits per heavy atom. The normalized spacial score (nSPS) is 10.5. The van der Waals surface area contributed by atoms with Crippen molar-refractivity contribution in [3.05, 3.63) is 69.5 Å². The molecule has 0 saturated heterocycles. The fourth-order valence-electron chi connectivity index (χ4n) is 3.22. The van der Waals surface area contributed by atoms with Crippen molar-refractivity contribution in [1.82, 2.24) is 4.90 Å². The standard InChI is InChI=1S/C26H28N2O8S/c1-6-13-34-26(32)20-15(2)21(24(30)28(3)4)37-23(20)27-22(29)19-12-11-18(36-19)14-35-17-9-7-16(8-10-17)25(31)33-5/h7-12H,6,13-14H2,1-5H3,(H,27,29). The maximum atomic E-state index is 12.9. The molecule has 0 bridgehead atoms. The monoisotopic (exact) mass is 528 g/mol. The van der Waals surface area contributed by atoms with Gasteiger partial charge in [-0.15, -0.1) is 11.3 Å². The number of carbonyl (C=O) groups excluding carboxylic acids is 4. The molecule has 2 heterocycles. The molecule has 2 aromatic heterocycles. The van der Waals surface area contributed by atoms with Gasteiger partial charge in [-0.3, -0.25) is 9.59 Å². The fraction of sp³-hybridized carbons (Fsp3) is 0.308. The zero-order chi connectivity index (χ0) is 27.1. The van der Waals surface area contributed by atoms with Crippen LogP contribution in [0.5, 0.6) is 5.75 Å². The predicted octanol–water partition coefficient (Wildman–Crippen LogP) is 4.54. The van der Waals surface area contributed by atoms with Crippen LogP contribution in [-0.4, -0.2) is 56.5 Å². The summed E-state index contributed by atoms with van der Waals surface area (Å²) in [6.45, 7) is 3.77. The number of thiophene rings is 1. The van der Waals surface area contributed by atoms with Crippen molar-refractivity contribution in [2.45, 2.75) is 26.9 Å². The number of nitrogens with one attached hydrogen (secondary N) is 1. The number of amides is 2. The third-order valence-corrected chi connectivity index (χ3v) is 6.35. The molecule has 0 aliphatic heterocycles. The minimum atomic E-state index is -0.615. The molecule has 1 aromatic carbocycles. The summed E-state index contributed by atoms with van der Waals surface area (Å²) >= 11 is 1.00. The predicted molar refractivity (Wildman–Crippen MR) is 136 cm³/mol. The van der Waals surface area contributed by atoms with Gasteiger partial charge in [-0.25, -0.2) is 9.59 Å². The lowest BCUT2D eigenvalue weighted by molar-refractivity contribution is 0.0505. The van der Waals surface area contributed by atoms with Gasteiger partial charge in [-0.2, -0.15) is 0 Å². The lowest BCUT2D eigenvalue weighted by Gasteiger charge is -2.09. The summed E-state index contributed by atoms with van der Waals surface area (Å²) in [4.78, 5) is 51.5. The van der Waals surface area contributed by atoms with Crippen molar-refractivity contribution >= 4 is 40.1 Å². The zero-order valence-corrected chi connectivity index (χ0v) is 22.0. The van der Waals surface area contributed by atoms with E-state index in [4.69, 9.17) is 13.9 Å². The van der Waals surface area contributed by atoms with Gasteiger partial charge < -0.3 is 28.8 Å². The van der Waals surface area contributed by atoms with Gasteiger partial charge in [0.2, 0.25) is 0 Å². The molecular weight excluding hydrogens is 500 g/mol. The molecule has 3 rings (SSSR count). The van der Waals surface area contributed by atoms with Gasteiger partial charge in [-0.1, -0.05) is 6.92 Å². The third kappa shape index (κ3) is 6.56. The lowest BCUT2D eigenvalue weighted by atomic mass is 10.1. The highest BCUT2D eigenvalue weighted by molar-refractivity contribution is 7.18. The molecule has 0 saturated carbocycles. The van der Waals surface area contributed by atoms with Crippen LogP contribution in [0.1, 0.15) is 65.6 Å². The number of carbonyl (C=O) groups is 4. The van der Waals surface area contributed by atoms with Crippen LogP contribution in [0.15, 0.2) is 40.8 Å². The topological polar surface area (TPSA) is 124 Å². The Hall–Kier alpha value is -4.12. The molecule has 3 aromatic rings. The van der Waals surface area contributed by atoms with Crippen molar-refractivity contribution in [2.75, 3.05) is 33.1 Å². The Kier molecular flexibility index (Phi) is 9.07. The summed E-state index contributed by atoms with van der Waals surface area (Å²) in [5, 5.41) is 2.88. The number of benzene rings is 1. The molecule has 2 amide bonds. The summed E-state index contributed by atoms with van der Waals surface area (Å²) < 4.78 is 21.2. The number of nitrogens with zero attached hydrogens (tertiary/aromatic N) is 1. The second-order valence-electron chi connectivity index (χ2n) is 8.12. The first-order chi connectivity index (χ1) is 17.7. The number of furan rings is 1. The molecule has 0 unspecified atom stereocenters. The van der Waals surface area contributed by atoms with Crippen molar-refractivity contribution in [3.63, 3.8) is 0 Å². The van der Waals surface area contributed by atoms with Crippen LogP contribution < -0.4 is 10.1 Å². The van der Waals surface area contributed by atoms with E-state index in [-0.39, 0.29) is 35.4 Å². The second-order valence-corrected chi connectivity index (χ2v) is 9.14. The maximum Gasteiger partial charge on any atom is 0.341 e. The molecule has 10 nitrogen and oxygen atoms in total. The van der Waals surface area contributed by atoms with E-state index >= 15 is 0 Å². The molecule has 1 N–H and O–H groups in total. The van der Waals surface area contributed by atoms with Crippen LogP contribution in [0.25, 0.3) is 0 Å². The first-order valence-corrected chi connectivity index (χ1v) is 12.2. The van der Waals surface area contributed by atoms with Crippen molar-refractivity contribution in [3.8, 4) is 5.75 Å².